The average molecular weight is 551 g/mol. The fourth-order valence-corrected chi connectivity index (χ4v) is 10.6. The van der Waals surface area contributed by atoms with Crippen molar-refractivity contribution in [3.63, 3.8) is 0 Å². The van der Waals surface area contributed by atoms with Gasteiger partial charge in [-0.05, 0) is 84.5 Å². The van der Waals surface area contributed by atoms with E-state index in [1.807, 2.05) is 26.0 Å². The van der Waals surface area contributed by atoms with Crippen molar-refractivity contribution in [1.82, 2.24) is 5.32 Å². The van der Waals surface area contributed by atoms with Gasteiger partial charge in [-0.1, -0.05) is 60.1 Å². The maximum absolute atomic E-state index is 14.5. The van der Waals surface area contributed by atoms with Crippen molar-refractivity contribution in [2.75, 3.05) is 13.2 Å². The smallest absolute Gasteiger partial charge is 0.226 e. The molecule has 0 bridgehead atoms. The molecule has 1 amide bonds. The summed E-state index contributed by atoms with van der Waals surface area (Å²) in [5.41, 5.74) is -0.644. The van der Waals surface area contributed by atoms with Crippen molar-refractivity contribution in [3.05, 3.63) is 34.8 Å². The van der Waals surface area contributed by atoms with E-state index in [1.54, 1.807) is 0 Å². The zero-order valence-electron chi connectivity index (χ0n) is 25.5. The molecule has 5 nitrogen and oxygen atoms in total. The van der Waals surface area contributed by atoms with Gasteiger partial charge in [0.1, 0.15) is 6.67 Å². The number of amides is 1. The highest BCUT2D eigenvalue weighted by molar-refractivity contribution is 6.03. The molecule has 0 unspecified atom stereocenters. The second kappa shape index (κ2) is 9.10. The number of rotatable bonds is 4. The number of fused-ring (bicyclic) bond motifs is 7. The molecule has 5 aliphatic rings. The lowest BCUT2D eigenvalue weighted by Gasteiger charge is -2.69. The molecular formula is C34H47FN2O3. The van der Waals surface area contributed by atoms with Gasteiger partial charge >= 0.3 is 0 Å². The predicted octanol–water partition coefficient (Wildman–Crippen LogP) is 7.03. The molecule has 0 saturated heterocycles. The van der Waals surface area contributed by atoms with Crippen molar-refractivity contribution < 1.29 is 18.8 Å². The summed E-state index contributed by atoms with van der Waals surface area (Å²) in [5, 5.41) is 2.76. The lowest BCUT2D eigenvalue weighted by atomic mass is 9.34. The van der Waals surface area contributed by atoms with Crippen LogP contribution in [0.2, 0.25) is 0 Å². The van der Waals surface area contributed by atoms with E-state index in [1.165, 1.54) is 0 Å². The maximum atomic E-state index is 14.5. The highest BCUT2D eigenvalue weighted by Gasteiger charge is 2.69. The number of alkyl halides is 1. The molecule has 7 atom stereocenters. The first kappa shape index (κ1) is 29.2. The summed E-state index contributed by atoms with van der Waals surface area (Å²) in [6.07, 6.45) is 10.5. The van der Waals surface area contributed by atoms with Crippen molar-refractivity contribution >= 4 is 17.5 Å². The number of allylic oxidation sites excluding steroid dienone is 4. The lowest BCUT2D eigenvalue weighted by Crippen LogP contribution is -2.65. The topological polar surface area (TPSA) is 67.6 Å². The number of halogens is 1. The Kier molecular flexibility index (Phi) is 6.65. The monoisotopic (exact) mass is 550 g/mol. The Morgan fingerprint density at radius 1 is 1.05 bits per heavy atom. The standard InChI is InChI=1S/C34H47FN2O3/c1-29(2)11-13-34(20-26(39)37-16-15-35)14-12-33(7)27(21(34)18-29)23(38)17-25-31(5)19-22(36-8)28(40)30(3,4)24(31)9-10-32(25,33)6/h17,19,21,24,27H,9-16,18,20H2,1-7H3,(H,37,39)/t21-,24-,27-,31-,32+,33+,34+/m0/s1. The molecular weight excluding hydrogens is 503 g/mol. The molecule has 5 rings (SSSR count). The summed E-state index contributed by atoms with van der Waals surface area (Å²) in [6, 6.07) is 0. The van der Waals surface area contributed by atoms with E-state index >= 15 is 0 Å². The number of hydrogen-bond donors (Lipinski definition) is 1. The molecule has 3 fully saturated rings. The maximum Gasteiger partial charge on any atom is 0.226 e. The molecule has 0 aromatic carbocycles. The summed E-state index contributed by atoms with van der Waals surface area (Å²) in [5.74, 6) is -0.112. The van der Waals surface area contributed by atoms with E-state index in [4.69, 9.17) is 6.57 Å². The number of carbonyl (C=O) groups excluding carboxylic acids is 3. The lowest BCUT2D eigenvalue weighted by molar-refractivity contribution is -0.174. The van der Waals surface area contributed by atoms with Crippen molar-refractivity contribution in [2.45, 2.75) is 99.8 Å². The second-order valence-corrected chi connectivity index (χ2v) is 15.8. The van der Waals surface area contributed by atoms with Gasteiger partial charge in [-0.25, -0.2) is 9.24 Å². The number of Topliss-reactive ketones (excluding diaryl/α,β-unsaturated/α-hetero) is 1. The SMILES string of the molecule is [C-]#[N+]C1=C[C@]2(C)C3=CC(=O)[C@@H]4[C@@H]5CC(C)(C)CC[C@]5(CC(=O)NCCF)CC[C@@]4(C)[C@]3(C)CC[C@H]2C(C)(C)C1=O. The van der Waals surface area contributed by atoms with Crippen LogP contribution in [-0.2, 0) is 14.4 Å². The fourth-order valence-electron chi connectivity index (χ4n) is 10.6. The Bertz CT molecular complexity index is 1260. The van der Waals surface area contributed by atoms with E-state index in [0.29, 0.717) is 6.42 Å². The Morgan fingerprint density at radius 2 is 1.73 bits per heavy atom. The van der Waals surface area contributed by atoms with Gasteiger partial charge in [-0.3, -0.25) is 9.59 Å². The van der Waals surface area contributed by atoms with Crippen molar-refractivity contribution in [3.8, 4) is 0 Å². The quantitative estimate of drug-likeness (QED) is 0.382. The van der Waals surface area contributed by atoms with Gasteiger partial charge in [0.15, 0.2) is 11.6 Å². The number of hydrogen-bond acceptors (Lipinski definition) is 3. The van der Waals surface area contributed by atoms with Crippen molar-refractivity contribution in [1.29, 1.82) is 0 Å². The molecule has 0 heterocycles. The Hall–Kier alpha value is -2.29. The first-order valence-electron chi connectivity index (χ1n) is 15.3. The second-order valence-electron chi connectivity index (χ2n) is 15.8. The van der Waals surface area contributed by atoms with Gasteiger partial charge in [0.25, 0.3) is 0 Å². The highest BCUT2D eigenvalue weighted by atomic mass is 19.1. The first-order chi connectivity index (χ1) is 18.5. The van der Waals surface area contributed by atoms with Crippen LogP contribution in [0.3, 0.4) is 0 Å². The van der Waals surface area contributed by atoms with E-state index in [9.17, 15) is 18.8 Å². The van der Waals surface area contributed by atoms with Gasteiger partial charge in [0.05, 0.1) is 6.57 Å². The highest BCUT2D eigenvalue weighted by Crippen LogP contribution is 2.74. The number of nitrogens with zero attached hydrogens (tertiary/aromatic N) is 1. The molecule has 218 valence electrons. The third kappa shape index (κ3) is 3.85. The molecule has 40 heavy (non-hydrogen) atoms. The van der Waals surface area contributed by atoms with E-state index in [-0.39, 0.29) is 69.1 Å². The van der Waals surface area contributed by atoms with Crippen LogP contribution in [-0.4, -0.2) is 30.7 Å². The summed E-state index contributed by atoms with van der Waals surface area (Å²) in [6.45, 7) is 22.5. The first-order valence-corrected chi connectivity index (χ1v) is 15.3. The molecule has 0 aliphatic heterocycles. The molecule has 0 aromatic heterocycles. The average Bonchev–Trinajstić information content (AvgIpc) is 2.87. The Balaban J connectivity index is 1.63. The Morgan fingerprint density at radius 3 is 2.38 bits per heavy atom. The molecule has 0 spiro atoms. The van der Waals surface area contributed by atoms with Crippen LogP contribution >= 0.6 is 0 Å². The van der Waals surface area contributed by atoms with E-state index in [0.717, 1.165) is 50.5 Å². The molecule has 5 aliphatic carbocycles. The predicted molar refractivity (Wildman–Crippen MR) is 153 cm³/mol. The Labute approximate surface area is 239 Å². The van der Waals surface area contributed by atoms with Gasteiger partial charge in [-0.2, -0.15) is 0 Å². The fraction of sp³-hybridized carbons (Fsp3) is 0.765. The summed E-state index contributed by atoms with van der Waals surface area (Å²) >= 11 is 0. The zero-order chi connectivity index (χ0) is 29.5. The van der Waals surface area contributed by atoms with E-state index in [2.05, 4.69) is 44.8 Å². The van der Waals surface area contributed by atoms with Gasteiger partial charge in [0, 0.05) is 29.7 Å². The molecule has 6 heteroatoms. The van der Waals surface area contributed by atoms with Crippen LogP contribution in [0.5, 0.6) is 0 Å². The van der Waals surface area contributed by atoms with Crippen LogP contribution < -0.4 is 5.32 Å². The molecule has 1 N–H and O–H groups in total. The number of nitrogens with one attached hydrogen (secondary N) is 1. The van der Waals surface area contributed by atoms with Crippen molar-refractivity contribution in [2.24, 2.45) is 50.2 Å². The summed E-state index contributed by atoms with van der Waals surface area (Å²) in [7, 11) is 0. The number of carbonyl (C=O) groups is 3. The minimum atomic E-state index is -0.672. The minimum absolute atomic E-state index is 0.0285. The normalized spacial score (nSPS) is 43.1. The number of ketones is 2. The van der Waals surface area contributed by atoms with Crippen LogP contribution in [0.25, 0.3) is 4.85 Å². The summed E-state index contributed by atoms with van der Waals surface area (Å²) in [4.78, 5) is 44.4. The van der Waals surface area contributed by atoms with Crippen LogP contribution in [0.1, 0.15) is 99.8 Å². The summed E-state index contributed by atoms with van der Waals surface area (Å²) < 4.78 is 12.8. The molecule has 0 aromatic rings. The van der Waals surface area contributed by atoms with Gasteiger partial charge in [-0.15, -0.1) is 0 Å². The molecule has 0 radical (unpaired) electrons. The third-order valence-electron chi connectivity index (χ3n) is 13.0. The van der Waals surface area contributed by atoms with Crippen LogP contribution in [0.4, 0.5) is 4.39 Å². The van der Waals surface area contributed by atoms with Crippen LogP contribution in [0, 0.1) is 56.8 Å². The third-order valence-corrected chi connectivity index (χ3v) is 13.0. The van der Waals surface area contributed by atoms with Crippen LogP contribution in [0.15, 0.2) is 23.4 Å². The van der Waals surface area contributed by atoms with E-state index < -0.39 is 17.5 Å². The minimum Gasteiger partial charge on any atom is -0.353 e. The van der Waals surface area contributed by atoms with Gasteiger partial charge in [0.2, 0.25) is 11.6 Å². The molecule has 3 saturated carbocycles. The van der Waals surface area contributed by atoms with Gasteiger partial charge < -0.3 is 10.1 Å². The zero-order valence-corrected chi connectivity index (χ0v) is 25.5. The largest absolute Gasteiger partial charge is 0.353 e.